The minimum atomic E-state index is -0.0925. The lowest BCUT2D eigenvalue weighted by atomic mass is 10.1. The van der Waals surface area contributed by atoms with E-state index in [1.54, 1.807) is 0 Å². The first kappa shape index (κ1) is 16.0. The van der Waals surface area contributed by atoms with Crippen LogP contribution in [0.15, 0.2) is 106 Å². The molecule has 0 nitrogen and oxygen atoms in total. The van der Waals surface area contributed by atoms with E-state index in [4.69, 9.17) is 0 Å². The zero-order chi connectivity index (χ0) is 17.2. The smallest absolute Gasteiger partial charge is 0.0619 e. The first-order valence-corrected chi connectivity index (χ1v) is 9.81. The van der Waals surface area contributed by atoms with Crippen molar-refractivity contribution in [2.75, 3.05) is 0 Å². The van der Waals surface area contributed by atoms with E-state index >= 15 is 0 Å². The Hall–Kier alpha value is -2.51. The van der Waals surface area contributed by atoms with Crippen LogP contribution in [0.2, 0.25) is 0 Å². The van der Waals surface area contributed by atoms with E-state index in [0.717, 1.165) is 0 Å². The molecule has 0 bridgehead atoms. The van der Waals surface area contributed by atoms with Crippen molar-refractivity contribution in [1.29, 1.82) is 0 Å². The Labute approximate surface area is 152 Å². The number of fused-ring (bicyclic) bond motifs is 1. The molecular formula is C24H21S+. The topological polar surface area (TPSA) is 0 Å². The zero-order valence-corrected chi connectivity index (χ0v) is 15.4. The molecule has 0 fully saturated rings. The van der Waals surface area contributed by atoms with E-state index in [9.17, 15) is 0 Å². The van der Waals surface area contributed by atoms with Crippen LogP contribution in [-0.2, 0) is 10.9 Å². The first-order chi connectivity index (χ1) is 12.2. The summed E-state index contributed by atoms with van der Waals surface area (Å²) in [6, 6.07) is 33.0. The molecule has 4 aromatic carbocycles. The molecule has 0 radical (unpaired) electrons. The maximum absolute atomic E-state index is 2.35. The Morgan fingerprint density at radius 2 is 1.28 bits per heavy atom. The van der Waals surface area contributed by atoms with Gasteiger partial charge in [0.1, 0.15) is 0 Å². The average Bonchev–Trinajstić information content (AvgIpc) is 2.66. The minimum Gasteiger partial charge on any atom is -0.0619 e. The van der Waals surface area contributed by atoms with Gasteiger partial charge in [-0.15, -0.1) is 0 Å². The van der Waals surface area contributed by atoms with E-state index in [2.05, 4.69) is 105 Å². The van der Waals surface area contributed by atoms with Gasteiger partial charge in [0.15, 0.2) is 14.7 Å². The van der Waals surface area contributed by atoms with Crippen LogP contribution in [0.1, 0.15) is 11.1 Å². The largest absolute Gasteiger partial charge is 0.169 e. The molecule has 4 aromatic rings. The lowest BCUT2D eigenvalue weighted by Crippen LogP contribution is -2.07. The first-order valence-electron chi connectivity index (χ1n) is 8.58. The second kappa shape index (κ2) is 6.78. The molecule has 0 aliphatic carbocycles. The van der Waals surface area contributed by atoms with Crippen LogP contribution in [0.25, 0.3) is 10.8 Å². The van der Waals surface area contributed by atoms with Gasteiger partial charge in [0, 0.05) is 11.6 Å². The monoisotopic (exact) mass is 341 g/mol. The second-order valence-electron chi connectivity index (χ2n) is 6.33. The van der Waals surface area contributed by atoms with Crippen molar-refractivity contribution in [1.82, 2.24) is 0 Å². The van der Waals surface area contributed by atoms with Crippen LogP contribution in [0.3, 0.4) is 0 Å². The van der Waals surface area contributed by atoms with Gasteiger partial charge < -0.3 is 0 Å². The van der Waals surface area contributed by atoms with Gasteiger partial charge in [-0.25, -0.2) is 0 Å². The highest BCUT2D eigenvalue weighted by atomic mass is 32.2. The molecule has 25 heavy (non-hydrogen) atoms. The highest BCUT2D eigenvalue weighted by molar-refractivity contribution is 7.97. The molecule has 122 valence electrons. The Balaban J connectivity index is 1.95. The van der Waals surface area contributed by atoms with Crippen molar-refractivity contribution >= 4 is 21.7 Å². The quantitative estimate of drug-likeness (QED) is 0.371. The lowest BCUT2D eigenvalue weighted by Gasteiger charge is -2.12. The van der Waals surface area contributed by atoms with Crippen LogP contribution >= 0.6 is 0 Å². The van der Waals surface area contributed by atoms with Gasteiger partial charge in [-0.05, 0) is 60.5 Å². The molecule has 0 spiro atoms. The third-order valence-electron chi connectivity index (χ3n) is 4.71. The summed E-state index contributed by atoms with van der Waals surface area (Å²) in [4.78, 5) is 4.16. The van der Waals surface area contributed by atoms with Gasteiger partial charge in [-0.3, -0.25) is 0 Å². The number of hydrogen-bond acceptors (Lipinski definition) is 0. The Morgan fingerprint density at radius 1 is 0.560 bits per heavy atom. The third-order valence-corrected chi connectivity index (χ3v) is 7.06. The minimum absolute atomic E-state index is 0.0925. The average molecular weight is 341 g/mol. The summed E-state index contributed by atoms with van der Waals surface area (Å²) in [5.74, 6) is 0. The third kappa shape index (κ3) is 3.08. The van der Waals surface area contributed by atoms with Gasteiger partial charge >= 0.3 is 0 Å². The zero-order valence-electron chi connectivity index (χ0n) is 14.6. The molecule has 0 aliphatic heterocycles. The molecule has 0 aromatic heterocycles. The predicted molar refractivity (Wildman–Crippen MR) is 108 cm³/mol. The SMILES string of the molecule is Cc1cccc([S+](c2ccccc2)c2ccc3ccccc3c2)c1C. The van der Waals surface area contributed by atoms with Crippen molar-refractivity contribution in [3.05, 3.63) is 102 Å². The Morgan fingerprint density at radius 3 is 2.08 bits per heavy atom. The molecule has 1 atom stereocenters. The van der Waals surface area contributed by atoms with E-state index < -0.39 is 0 Å². The summed E-state index contributed by atoms with van der Waals surface area (Å²) >= 11 is 0. The molecule has 0 saturated heterocycles. The van der Waals surface area contributed by atoms with Crippen LogP contribution in [0.5, 0.6) is 0 Å². The molecular weight excluding hydrogens is 320 g/mol. The van der Waals surface area contributed by atoms with Crippen LogP contribution in [0.4, 0.5) is 0 Å². The van der Waals surface area contributed by atoms with E-state index in [-0.39, 0.29) is 10.9 Å². The van der Waals surface area contributed by atoms with E-state index in [1.165, 1.54) is 36.6 Å². The van der Waals surface area contributed by atoms with Gasteiger partial charge in [-0.1, -0.05) is 54.6 Å². The summed E-state index contributed by atoms with van der Waals surface area (Å²) in [5.41, 5.74) is 2.74. The fourth-order valence-corrected chi connectivity index (χ4v) is 5.53. The highest BCUT2D eigenvalue weighted by Crippen LogP contribution is 2.35. The van der Waals surface area contributed by atoms with Gasteiger partial charge in [-0.2, -0.15) is 0 Å². The number of benzene rings is 4. The van der Waals surface area contributed by atoms with Crippen LogP contribution < -0.4 is 0 Å². The summed E-state index contributed by atoms with van der Waals surface area (Å²) in [5, 5.41) is 2.60. The normalized spacial score (nSPS) is 12.2. The van der Waals surface area contributed by atoms with Gasteiger partial charge in [0.05, 0.1) is 10.9 Å². The Bertz CT molecular complexity index is 1020. The Kier molecular flexibility index (Phi) is 4.33. The molecule has 0 aliphatic rings. The fourth-order valence-electron chi connectivity index (χ4n) is 3.19. The lowest BCUT2D eigenvalue weighted by molar-refractivity contribution is 1.20. The van der Waals surface area contributed by atoms with Crippen molar-refractivity contribution in [2.45, 2.75) is 28.5 Å². The molecule has 0 amide bonds. The molecule has 0 N–H and O–H groups in total. The molecule has 4 rings (SSSR count). The molecule has 1 unspecified atom stereocenters. The summed E-state index contributed by atoms with van der Waals surface area (Å²) in [6.07, 6.45) is 0. The van der Waals surface area contributed by atoms with Crippen LogP contribution in [-0.4, -0.2) is 0 Å². The summed E-state index contributed by atoms with van der Waals surface area (Å²) < 4.78 is 0. The molecule has 0 saturated carbocycles. The van der Waals surface area contributed by atoms with Gasteiger partial charge in [0.2, 0.25) is 0 Å². The highest BCUT2D eigenvalue weighted by Gasteiger charge is 2.30. The number of hydrogen-bond donors (Lipinski definition) is 0. The van der Waals surface area contributed by atoms with Crippen molar-refractivity contribution < 1.29 is 0 Å². The molecule has 1 heteroatoms. The van der Waals surface area contributed by atoms with Gasteiger partial charge in [0.25, 0.3) is 0 Å². The van der Waals surface area contributed by atoms with Crippen molar-refractivity contribution in [3.63, 3.8) is 0 Å². The summed E-state index contributed by atoms with van der Waals surface area (Å²) in [7, 11) is -0.0925. The predicted octanol–water partition coefficient (Wildman–Crippen LogP) is 6.55. The fraction of sp³-hybridized carbons (Fsp3) is 0.0833. The maximum atomic E-state index is 2.35. The second-order valence-corrected chi connectivity index (χ2v) is 8.32. The molecule has 0 heterocycles. The van der Waals surface area contributed by atoms with E-state index in [0.29, 0.717) is 0 Å². The number of rotatable bonds is 3. The number of aryl methyl sites for hydroxylation is 1. The van der Waals surface area contributed by atoms with E-state index in [1.807, 2.05) is 0 Å². The van der Waals surface area contributed by atoms with Crippen LogP contribution in [0, 0.1) is 13.8 Å². The maximum Gasteiger partial charge on any atom is 0.169 e. The standard InChI is InChI=1S/C24H21S/c1-18-9-8-14-24(19(18)2)25(22-12-4-3-5-13-22)23-16-15-20-10-6-7-11-21(20)17-23/h3-17H,1-2H3/q+1. The summed E-state index contributed by atoms with van der Waals surface area (Å²) in [6.45, 7) is 4.44. The van der Waals surface area contributed by atoms with Crippen molar-refractivity contribution in [3.8, 4) is 0 Å². The van der Waals surface area contributed by atoms with Crippen molar-refractivity contribution in [2.24, 2.45) is 0 Å².